The van der Waals surface area contributed by atoms with Crippen LogP contribution in [0.5, 0.6) is 11.5 Å². The molecule has 0 spiro atoms. The van der Waals surface area contributed by atoms with E-state index in [1.165, 1.54) is 18.9 Å². The molecule has 5 rings (SSSR count). The second kappa shape index (κ2) is 12.0. The Hall–Kier alpha value is -2.78. The molecule has 3 aliphatic rings. The van der Waals surface area contributed by atoms with Crippen molar-refractivity contribution in [3.05, 3.63) is 59.2 Å². The normalized spacial score (nSPS) is 25.1. The number of esters is 1. The van der Waals surface area contributed by atoms with Gasteiger partial charge in [-0.25, -0.2) is 4.79 Å². The van der Waals surface area contributed by atoms with Gasteiger partial charge < -0.3 is 19.9 Å². The molecule has 0 radical (unpaired) electrons. The number of alkyl halides is 3. The molecule has 1 aliphatic carbocycles. The molecule has 1 saturated carbocycles. The predicted octanol–water partition coefficient (Wildman–Crippen LogP) is 5.99. The Bertz CT molecular complexity index is 1160. The van der Waals surface area contributed by atoms with E-state index < -0.39 is 17.9 Å². The van der Waals surface area contributed by atoms with Crippen LogP contribution in [0.1, 0.15) is 75.0 Å². The standard InChI is InChI=1S/C31H39F3N2O4/c1-21(28-9-5-6-17-35-28)39-26-13-10-22(11-14-26)20-30(40-29(38)31(32,33)34)27-15-12-25(37)19-23(27)16-18-36(30)24-7-3-2-4-8-24/h10-15,19,21,24,28,35,37H,2-9,16-18,20H2,1H3. The van der Waals surface area contributed by atoms with E-state index in [2.05, 4.69) is 5.32 Å². The predicted molar refractivity (Wildman–Crippen MR) is 145 cm³/mol. The highest BCUT2D eigenvalue weighted by molar-refractivity contribution is 5.76. The van der Waals surface area contributed by atoms with E-state index in [4.69, 9.17) is 9.47 Å². The number of piperidine rings is 1. The average molecular weight is 561 g/mol. The van der Waals surface area contributed by atoms with Crippen LogP contribution >= 0.6 is 0 Å². The van der Waals surface area contributed by atoms with Crippen LogP contribution in [-0.2, 0) is 28.1 Å². The van der Waals surface area contributed by atoms with Gasteiger partial charge in [-0.3, -0.25) is 4.90 Å². The van der Waals surface area contributed by atoms with E-state index in [0.717, 1.165) is 50.6 Å². The fourth-order valence-corrected chi connectivity index (χ4v) is 6.71. The van der Waals surface area contributed by atoms with Crippen molar-refractivity contribution in [3.63, 3.8) is 0 Å². The van der Waals surface area contributed by atoms with Crippen molar-refractivity contribution in [1.82, 2.24) is 10.2 Å². The number of phenols is 1. The molecular weight excluding hydrogens is 521 g/mol. The van der Waals surface area contributed by atoms with Crippen LogP contribution in [0.3, 0.4) is 0 Å². The van der Waals surface area contributed by atoms with Gasteiger partial charge in [0.15, 0.2) is 5.72 Å². The van der Waals surface area contributed by atoms with Crippen molar-refractivity contribution in [3.8, 4) is 11.5 Å². The zero-order chi connectivity index (χ0) is 28.3. The number of hydrogen-bond acceptors (Lipinski definition) is 6. The van der Waals surface area contributed by atoms with Crippen molar-refractivity contribution in [2.75, 3.05) is 13.1 Å². The van der Waals surface area contributed by atoms with Crippen LogP contribution in [0.25, 0.3) is 0 Å². The number of halogens is 3. The topological polar surface area (TPSA) is 71.0 Å². The molecule has 40 heavy (non-hydrogen) atoms. The van der Waals surface area contributed by atoms with Crippen molar-refractivity contribution < 1.29 is 32.5 Å². The first kappa shape index (κ1) is 28.7. The molecule has 0 bridgehead atoms. The van der Waals surface area contributed by atoms with Gasteiger partial charge in [0.05, 0.1) is 0 Å². The van der Waals surface area contributed by atoms with Gasteiger partial charge in [-0.2, -0.15) is 13.2 Å². The molecule has 3 atom stereocenters. The Morgan fingerprint density at radius 2 is 1.80 bits per heavy atom. The highest BCUT2D eigenvalue weighted by Crippen LogP contribution is 2.45. The Morgan fingerprint density at radius 1 is 1.07 bits per heavy atom. The van der Waals surface area contributed by atoms with Gasteiger partial charge in [-0.05, 0) is 87.0 Å². The fraction of sp³-hybridized carbons (Fsp3) is 0.581. The van der Waals surface area contributed by atoms with Crippen LogP contribution in [0.4, 0.5) is 13.2 Å². The smallest absolute Gasteiger partial charge is 0.491 e. The van der Waals surface area contributed by atoms with E-state index in [0.29, 0.717) is 29.8 Å². The third-order valence-electron chi connectivity index (χ3n) is 8.71. The monoisotopic (exact) mass is 560 g/mol. The summed E-state index contributed by atoms with van der Waals surface area (Å²) in [7, 11) is 0. The second-order valence-electron chi connectivity index (χ2n) is 11.4. The number of benzene rings is 2. The summed E-state index contributed by atoms with van der Waals surface area (Å²) in [5.41, 5.74) is 0.262. The number of carbonyl (C=O) groups excluding carboxylic acids is 1. The van der Waals surface area contributed by atoms with Crippen LogP contribution in [0.2, 0.25) is 0 Å². The van der Waals surface area contributed by atoms with Gasteiger partial charge in [0.25, 0.3) is 0 Å². The van der Waals surface area contributed by atoms with Gasteiger partial charge in [-0.15, -0.1) is 0 Å². The number of ether oxygens (including phenoxy) is 2. The summed E-state index contributed by atoms with van der Waals surface area (Å²) in [6.07, 6.45) is 3.52. The van der Waals surface area contributed by atoms with E-state index >= 15 is 0 Å². The fourth-order valence-electron chi connectivity index (χ4n) is 6.71. The minimum atomic E-state index is -5.14. The third-order valence-corrected chi connectivity index (χ3v) is 8.71. The molecule has 0 amide bonds. The Kier molecular flexibility index (Phi) is 8.61. The number of nitrogens with zero attached hydrogens (tertiary/aromatic N) is 1. The van der Waals surface area contributed by atoms with Gasteiger partial charge in [0.1, 0.15) is 17.6 Å². The molecule has 0 aromatic heterocycles. The first-order valence-corrected chi connectivity index (χ1v) is 14.5. The van der Waals surface area contributed by atoms with Crippen LogP contribution in [0, 0.1) is 0 Å². The van der Waals surface area contributed by atoms with E-state index in [-0.39, 0.29) is 30.4 Å². The van der Waals surface area contributed by atoms with E-state index in [9.17, 15) is 23.1 Å². The zero-order valence-electron chi connectivity index (χ0n) is 23.0. The van der Waals surface area contributed by atoms with Crippen molar-refractivity contribution in [2.45, 2.75) is 101 Å². The summed E-state index contributed by atoms with van der Waals surface area (Å²) in [5, 5.41) is 13.7. The molecule has 218 valence electrons. The van der Waals surface area contributed by atoms with Crippen LogP contribution in [0.15, 0.2) is 42.5 Å². The molecule has 9 heteroatoms. The van der Waals surface area contributed by atoms with Gasteiger partial charge >= 0.3 is 12.1 Å². The first-order chi connectivity index (χ1) is 19.2. The molecule has 6 nitrogen and oxygen atoms in total. The highest BCUT2D eigenvalue weighted by atomic mass is 19.4. The van der Waals surface area contributed by atoms with Crippen LogP contribution < -0.4 is 10.1 Å². The van der Waals surface area contributed by atoms with Crippen LogP contribution in [-0.4, -0.2) is 53.4 Å². The quantitative estimate of drug-likeness (QED) is 0.405. The van der Waals surface area contributed by atoms with E-state index in [1.807, 2.05) is 36.1 Å². The molecule has 2 aromatic carbocycles. The maximum absolute atomic E-state index is 13.7. The number of fused-ring (bicyclic) bond motifs is 1. The van der Waals surface area contributed by atoms with Crippen molar-refractivity contribution in [1.29, 1.82) is 0 Å². The maximum atomic E-state index is 13.7. The van der Waals surface area contributed by atoms with Crippen molar-refractivity contribution >= 4 is 5.97 Å². The summed E-state index contributed by atoms with van der Waals surface area (Å²) in [6, 6.07) is 12.2. The molecule has 2 N–H and O–H groups in total. The molecule has 2 aliphatic heterocycles. The largest absolute Gasteiger partial charge is 0.508 e. The lowest BCUT2D eigenvalue weighted by Crippen LogP contribution is -2.59. The van der Waals surface area contributed by atoms with Gasteiger partial charge in [0.2, 0.25) is 0 Å². The summed E-state index contributed by atoms with van der Waals surface area (Å²) < 4.78 is 52.9. The van der Waals surface area contributed by atoms with E-state index in [1.54, 1.807) is 12.1 Å². The summed E-state index contributed by atoms with van der Waals surface area (Å²) in [6.45, 7) is 3.45. The number of nitrogens with one attached hydrogen (secondary N) is 1. The molecule has 1 saturated heterocycles. The number of rotatable bonds is 7. The molecule has 2 aromatic rings. The molecule has 3 unspecified atom stereocenters. The highest BCUT2D eigenvalue weighted by Gasteiger charge is 2.53. The third kappa shape index (κ3) is 6.25. The summed E-state index contributed by atoms with van der Waals surface area (Å²) in [4.78, 5) is 14.5. The lowest BCUT2D eigenvalue weighted by atomic mass is 9.81. The van der Waals surface area contributed by atoms with Gasteiger partial charge in [0, 0.05) is 30.6 Å². The zero-order valence-corrected chi connectivity index (χ0v) is 23.0. The minimum Gasteiger partial charge on any atom is -0.508 e. The maximum Gasteiger partial charge on any atom is 0.491 e. The summed E-state index contributed by atoms with van der Waals surface area (Å²) in [5.74, 6) is -1.49. The minimum absolute atomic E-state index is 0.0109. The average Bonchev–Trinajstić information content (AvgIpc) is 2.94. The summed E-state index contributed by atoms with van der Waals surface area (Å²) >= 11 is 0. The number of phenolic OH excluding ortho intramolecular Hbond substituents is 1. The van der Waals surface area contributed by atoms with Gasteiger partial charge in [-0.1, -0.05) is 37.8 Å². The number of hydrogen-bond donors (Lipinski definition) is 2. The molecule has 2 fully saturated rings. The Morgan fingerprint density at radius 3 is 2.48 bits per heavy atom. The van der Waals surface area contributed by atoms with Crippen molar-refractivity contribution in [2.24, 2.45) is 0 Å². The first-order valence-electron chi connectivity index (χ1n) is 14.5. The Labute approximate surface area is 233 Å². The number of aromatic hydroxyl groups is 1. The number of carbonyl (C=O) groups is 1. The molecular formula is C31H39F3N2O4. The lowest BCUT2D eigenvalue weighted by molar-refractivity contribution is -0.242. The lowest BCUT2D eigenvalue weighted by Gasteiger charge is -2.51. The SMILES string of the molecule is CC(Oc1ccc(CC2(OC(=O)C(F)(F)F)c3ccc(O)cc3CCN2C2CCCCC2)cc1)C1CCCCN1. The molecule has 2 heterocycles. The second-order valence-corrected chi connectivity index (χ2v) is 11.4. The Balaban J connectivity index is 1.49.